The number of alkyl halides is 3. The van der Waals surface area contributed by atoms with Crippen molar-refractivity contribution in [3.8, 4) is 0 Å². The van der Waals surface area contributed by atoms with Crippen LogP contribution in [0.2, 0.25) is 0 Å². The van der Waals surface area contributed by atoms with Gasteiger partial charge in [0, 0.05) is 5.57 Å². The van der Waals surface area contributed by atoms with Crippen LogP contribution in [-0.2, 0) is 15.7 Å². The maximum atomic E-state index is 12.9. The van der Waals surface area contributed by atoms with Gasteiger partial charge in [-0.2, -0.15) is 13.2 Å². The molecular weight excluding hydrogens is 275 g/mol. The lowest BCUT2D eigenvalue weighted by Gasteiger charge is -2.16. The smallest absolute Gasteiger partial charge is 0.417 e. The average Bonchev–Trinajstić information content (AvgIpc) is 2.69. The van der Waals surface area contributed by atoms with Crippen molar-refractivity contribution in [1.29, 1.82) is 0 Å². The van der Waals surface area contributed by atoms with Crippen LogP contribution in [0.4, 0.5) is 18.0 Å². The normalized spacial score (nSPS) is 19.1. The fourth-order valence-corrected chi connectivity index (χ4v) is 1.70. The summed E-state index contributed by atoms with van der Waals surface area (Å²) in [7, 11) is 0. The molecule has 0 aromatic heterocycles. The zero-order valence-electron chi connectivity index (χ0n) is 12.0. The van der Waals surface area contributed by atoms with E-state index in [2.05, 4.69) is 11.3 Å². The third-order valence-corrected chi connectivity index (χ3v) is 2.66. The number of hydrogen-bond donors (Lipinski definition) is 0. The van der Waals surface area contributed by atoms with E-state index >= 15 is 0 Å². The number of amides is 2. The van der Waals surface area contributed by atoms with Crippen LogP contribution in [0, 0.1) is 0 Å². The minimum absolute atomic E-state index is 0.384. The van der Waals surface area contributed by atoms with E-state index in [9.17, 15) is 22.8 Å². The standard InChI is InChI=1S/C13H10F3NO3/c1-8(11(18)17-6-7-20-12(17)19)9-4-2-3-5-10(9)13(14,15)16/h2-5H,1,6-7H2/i7D2. The van der Waals surface area contributed by atoms with E-state index in [1.54, 1.807) is 0 Å². The quantitative estimate of drug-likeness (QED) is 0.786. The summed E-state index contributed by atoms with van der Waals surface area (Å²) < 4.78 is 57.6. The van der Waals surface area contributed by atoms with Crippen LogP contribution in [0.25, 0.3) is 5.57 Å². The SMILES string of the molecule is [2H]C1([2H])CN(C(=O)C(=C)c2ccccc2C(F)(F)F)C(=O)O1. The molecule has 0 unspecified atom stereocenters. The van der Waals surface area contributed by atoms with Crippen LogP contribution >= 0.6 is 0 Å². The Balaban J connectivity index is 2.34. The maximum Gasteiger partial charge on any atom is 0.417 e. The number of carbonyl (C=O) groups is 2. The van der Waals surface area contributed by atoms with Crippen molar-refractivity contribution in [2.75, 3.05) is 13.1 Å². The van der Waals surface area contributed by atoms with Crippen LogP contribution in [0.5, 0.6) is 0 Å². The fourth-order valence-electron chi connectivity index (χ4n) is 1.70. The van der Waals surface area contributed by atoms with Gasteiger partial charge in [0.25, 0.3) is 5.91 Å². The highest BCUT2D eigenvalue weighted by Crippen LogP contribution is 2.35. The van der Waals surface area contributed by atoms with Gasteiger partial charge in [-0.25, -0.2) is 9.69 Å². The lowest BCUT2D eigenvalue weighted by molar-refractivity contribution is -0.137. The third-order valence-electron chi connectivity index (χ3n) is 2.66. The minimum Gasteiger partial charge on any atom is -0.447 e. The molecule has 0 saturated carbocycles. The minimum atomic E-state index is -4.69. The molecule has 0 aliphatic carbocycles. The summed E-state index contributed by atoms with van der Waals surface area (Å²) in [6.45, 7) is 0.216. The number of benzene rings is 1. The molecule has 2 amide bonds. The lowest BCUT2D eigenvalue weighted by atomic mass is 9.99. The van der Waals surface area contributed by atoms with Gasteiger partial charge >= 0.3 is 12.3 Å². The summed E-state index contributed by atoms with van der Waals surface area (Å²) in [6, 6.07) is 4.30. The number of cyclic esters (lactones) is 1. The number of hydrogen-bond acceptors (Lipinski definition) is 3. The summed E-state index contributed by atoms with van der Waals surface area (Å²) in [6.07, 6.45) is -5.96. The molecule has 1 aliphatic heterocycles. The monoisotopic (exact) mass is 287 g/mol. The highest BCUT2D eigenvalue weighted by Gasteiger charge is 2.36. The van der Waals surface area contributed by atoms with E-state index in [0.717, 1.165) is 18.2 Å². The van der Waals surface area contributed by atoms with Gasteiger partial charge < -0.3 is 4.74 Å². The summed E-state index contributed by atoms with van der Waals surface area (Å²) in [4.78, 5) is 23.9. The first-order valence-corrected chi connectivity index (χ1v) is 5.43. The van der Waals surface area contributed by atoms with E-state index in [-0.39, 0.29) is 0 Å². The molecule has 1 aromatic rings. The van der Waals surface area contributed by atoms with Crippen LogP contribution < -0.4 is 0 Å². The molecule has 0 bridgehead atoms. The second-order valence-corrected chi connectivity index (χ2v) is 3.93. The van der Waals surface area contributed by atoms with Gasteiger partial charge in [0.1, 0.15) is 6.56 Å². The Bertz CT molecular complexity index is 658. The van der Waals surface area contributed by atoms with Gasteiger partial charge in [0.2, 0.25) is 0 Å². The van der Waals surface area contributed by atoms with E-state index in [1.807, 2.05) is 0 Å². The zero-order valence-corrected chi connectivity index (χ0v) is 10.0. The molecule has 7 heteroatoms. The first kappa shape index (κ1) is 11.5. The molecule has 0 atom stereocenters. The number of rotatable bonds is 2. The Morgan fingerprint density at radius 2 is 2.05 bits per heavy atom. The predicted molar refractivity (Wildman–Crippen MR) is 63.5 cm³/mol. The van der Waals surface area contributed by atoms with Crippen molar-refractivity contribution >= 4 is 17.6 Å². The summed E-state index contributed by atoms with van der Waals surface area (Å²) in [5.74, 6) is -1.14. The maximum absolute atomic E-state index is 12.9. The molecule has 1 aliphatic rings. The van der Waals surface area contributed by atoms with E-state index < -0.39 is 48.0 Å². The lowest BCUT2D eigenvalue weighted by Crippen LogP contribution is -2.32. The van der Waals surface area contributed by atoms with Gasteiger partial charge in [-0.1, -0.05) is 24.8 Å². The van der Waals surface area contributed by atoms with Crippen molar-refractivity contribution in [2.24, 2.45) is 0 Å². The summed E-state index contributed by atoms with van der Waals surface area (Å²) >= 11 is 0. The average molecular weight is 287 g/mol. The van der Waals surface area contributed by atoms with Crippen molar-refractivity contribution in [1.82, 2.24) is 4.90 Å². The van der Waals surface area contributed by atoms with Gasteiger partial charge in [-0.3, -0.25) is 4.79 Å². The van der Waals surface area contributed by atoms with Crippen LogP contribution in [0.15, 0.2) is 30.8 Å². The highest BCUT2D eigenvalue weighted by atomic mass is 19.4. The molecule has 1 aromatic carbocycles. The molecule has 0 radical (unpaired) electrons. The second-order valence-electron chi connectivity index (χ2n) is 3.93. The predicted octanol–water partition coefficient (Wildman–Crippen LogP) is 2.70. The number of imide groups is 1. The Morgan fingerprint density at radius 3 is 2.60 bits per heavy atom. The Labute approximate surface area is 115 Å². The summed E-state index contributed by atoms with van der Waals surface area (Å²) in [5.41, 5.74) is -2.10. The number of ether oxygens (including phenoxy) is 1. The number of halogens is 3. The highest BCUT2D eigenvalue weighted by molar-refractivity contribution is 6.22. The second kappa shape index (κ2) is 4.99. The fraction of sp³-hybridized carbons (Fsp3) is 0.231. The number of carbonyl (C=O) groups excluding carboxylic acids is 2. The molecule has 1 fully saturated rings. The van der Waals surface area contributed by atoms with Gasteiger partial charge in [0.15, 0.2) is 0 Å². The molecule has 0 N–H and O–H groups in total. The van der Waals surface area contributed by atoms with Crippen LogP contribution in [-0.4, -0.2) is 30.0 Å². The van der Waals surface area contributed by atoms with Crippen molar-refractivity contribution in [3.63, 3.8) is 0 Å². The van der Waals surface area contributed by atoms with E-state index in [4.69, 9.17) is 2.74 Å². The number of nitrogens with zero attached hydrogens (tertiary/aromatic N) is 1. The molecular formula is C13H10F3NO3. The van der Waals surface area contributed by atoms with Gasteiger partial charge in [-0.15, -0.1) is 0 Å². The van der Waals surface area contributed by atoms with Crippen LogP contribution in [0.1, 0.15) is 13.9 Å². The van der Waals surface area contributed by atoms with Gasteiger partial charge in [0.05, 0.1) is 14.8 Å². The largest absolute Gasteiger partial charge is 0.447 e. The van der Waals surface area contributed by atoms with E-state index in [1.165, 1.54) is 6.07 Å². The first-order valence-electron chi connectivity index (χ1n) is 6.43. The van der Waals surface area contributed by atoms with Crippen LogP contribution in [0.3, 0.4) is 0 Å². The van der Waals surface area contributed by atoms with Crippen molar-refractivity contribution < 1.29 is 30.2 Å². The topological polar surface area (TPSA) is 46.6 Å². The molecule has 106 valence electrons. The van der Waals surface area contributed by atoms with Crippen molar-refractivity contribution in [2.45, 2.75) is 6.18 Å². The first-order chi connectivity index (χ1) is 10.0. The zero-order chi connectivity index (χ0) is 16.7. The third kappa shape index (κ3) is 2.52. The molecule has 0 spiro atoms. The molecule has 2 rings (SSSR count). The molecule has 1 saturated heterocycles. The molecule has 1 heterocycles. The Hall–Kier alpha value is -2.31. The molecule has 4 nitrogen and oxygen atoms in total. The van der Waals surface area contributed by atoms with Crippen molar-refractivity contribution in [3.05, 3.63) is 42.0 Å². The Morgan fingerprint density at radius 1 is 1.40 bits per heavy atom. The summed E-state index contributed by atoms with van der Waals surface area (Å²) in [5, 5.41) is 0. The van der Waals surface area contributed by atoms with E-state index in [0.29, 0.717) is 4.90 Å². The van der Waals surface area contributed by atoms with Gasteiger partial charge in [-0.05, 0) is 11.6 Å². The Kier molecular flexibility index (Phi) is 2.87. The molecule has 20 heavy (non-hydrogen) atoms.